The van der Waals surface area contributed by atoms with Crippen molar-refractivity contribution in [2.45, 2.75) is 32.5 Å². The van der Waals surface area contributed by atoms with Gasteiger partial charge in [0.25, 0.3) is 5.91 Å². The molecule has 28 heavy (non-hydrogen) atoms. The number of rotatable bonds is 6. The number of hydrogen-bond acceptors (Lipinski definition) is 4. The molecule has 1 fully saturated rings. The number of halogens is 1. The van der Waals surface area contributed by atoms with E-state index < -0.39 is 0 Å². The molecule has 2 atom stereocenters. The first-order valence-electron chi connectivity index (χ1n) is 9.43. The van der Waals surface area contributed by atoms with Crippen LogP contribution in [0.25, 0.3) is 0 Å². The molecule has 1 aliphatic rings. The summed E-state index contributed by atoms with van der Waals surface area (Å²) < 4.78 is 18.7. The van der Waals surface area contributed by atoms with Gasteiger partial charge >= 0.3 is 0 Å². The van der Waals surface area contributed by atoms with Crippen LogP contribution in [0.2, 0.25) is 0 Å². The molecule has 148 valence electrons. The normalized spacial score (nSPS) is 20.0. The zero-order valence-corrected chi connectivity index (χ0v) is 16.2. The highest BCUT2D eigenvalue weighted by molar-refractivity contribution is 5.81. The maximum Gasteiger partial charge on any atom is 0.260 e. The quantitative estimate of drug-likeness (QED) is 0.718. The fraction of sp³-hybridized carbons (Fsp3) is 0.364. The first-order valence-corrected chi connectivity index (χ1v) is 9.43. The van der Waals surface area contributed by atoms with E-state index in [4.69, 9.17) is 4.74 Å². The minimum absolute atomic E-state index is 0.0362. The lowest BCUT2D eigenvalue weighted by Crippen LogP contribution is -2.58. The van der Waals surface area contributed by atoms with Crippen LogP contribution in [0.15, 0.2) is 48.5 Å². The lowest BCUT2D eigenvalue weighted by Gasteiger charge is -2.44. The third-order valence-electron chi connectivity index (χ3n) is 5.13. The largest absolute Gasteiger partial charge is 0.483 e. The zero-order chi connectivity index (χ0) is 20.1. The van der Waals surface area contributed by atoms with E-state index in [1.165, 1.54) is 12.1 Å². The van der Waals surface area contributed by atoms with E-state index in [2.05, 4.69) is 11.8 Å². The summed E-state index contributed by atoms with van der Waals surface area (Å²) in [5, 5.41) is 0. The third kappa shape index (κ3) is 4.75. The molecule has 0 spiro atoms. The van der Waals surface area contributed by atoms with Gasteiger partial charge in [0.05, 0.1) is 5.56 Å². The fourth-order valence-corrected chi connectivity index (χ4v) is 3.52. The summed E-state index contributed by atoms with van der Waals surface area (Å²) in [6.45, 7) is 6.05. The Kier molecular flexibility index (Phi) is 6.41. The number of amides is 1. The Bertz CT molecular complexity index is 825. The van der Waals surface area contributed by atoms with Crippen molar-refractivity contribution in [2.75, 3.05) is 19.7 Å². The molecule has 0 unspecified atom stereocenters. The minimum atomic E-state index is -0.239. The van der Waals surface area contributed by atoms with Crippen LogP contribution in [0.4, 0.5) is 4.39 Å². The Balaban J connectivity index is 1.57. The monoisotopic (exact) mass is 384 g/mol. The Morgan fingerprint density at radius 3 is 2.54 bits per heavy atom. The van der Waals surface area contributed by atoms with Crippen molar-refractivity contribution in [3.63, 3.8) is 0 Å². The number of nitrogens with zero attached hydrogens (tertiary/aromatic N) is 2. The molecule has 0 radical (unpaired) electrons. The standard InChI is InChI=1S/C22H25FN2O3/c1-16-12-25(22(27)15-28-21-6-4-3-5-19(21)14-26)17(2)11-24(16)13-18-7-9-20(23)10-8-18/h3-10,14,16-17H,11-13,15H2,1-2H3/t16-,17+/m1/s1. The molecule has 0 N–H and O–H groups in total. The molecule has 0 aliphatic carbocycles. The summed E-state index contributed by atoms with van der Waals surface area (Å²) >= 11 is 0. The van der Waals surface area contributed by atoms with Gasteiger partial charge in [0, 0.05) is 31.7 Å². The van der Waals surface area contributed by atoms with E-state index >= 15 is 0 Å². The second kappa shape index (κ2) is 8.97. The van der Waals surface area contributed by atoms with Gasteiger partial charge in [-0.05, 0) is 43.7 Å². The highest BCUT2D eigenvalue weighted by Gasteiger charge is 2.32. The van der Waals surface area contributed by atoms with Crippen molar-refractivity contribution in [3.8, 4) is 5.75 Å². The van der Waals surface area contributed by atoms with Crippen LogP contribution in [0.3, 0.4) is 0 Å². The number of carbonyl (C=O) groups is 2. The summed E-state index contributed by atoms with van der Waals surface area (Å²) in [6.07, 6.45) is 0.721. The molecule has 0 saturated carbocycles. The van der Waals surface area contributed by atoms with Gasteiger partial charge in [-0.25, -0.2) is 4.39 Å². The predicted octanol–water partition coefficient (Wildman–Crippen LogP) is 3.14. The highest BCUT2D eigenvalue weighted by Crippen LogP contribution is 2.20. The minimum Gasteiger partial charge on any atom is -0.483 e. The van der Waals surface area contributed by atoms with Crippen molar-refractivity contribution in [3.05, 3.63) is 65.5 Å². The van der Waals surface area contributed by atoms with Crippen molar-refractivity contribution < 1.29 is 18.7 Å². The number of benzene rings is 2. The molecule has 1 heterocycles. The molecule has 0 aromatic heterocycles. The molecular formula is C22H25FN2O3. The number of hydrogen-bond donors (Lipinski definition) is 0. The van der Waals surface area contributed by atoms with Crippen molar-refractivity contribution >= 4 is 12.2 Å². The molecular weight excluding hydrogens is 359 g/mol. The van der Waals surface area contributed by atoms with Gasteiger partial charge in [-0.2, -0.15) is 0 Å². The number of piperazine rings is 1. The highest BCUT2D eigenvalue weighted by atomic mass is 19.1. The SMILES string of the molecule is C[C@@H]1CN(C(=O)COc2ccccc2C=O)[C@@H](C)CN1Cc1ccc(F)cc1. The van der Waals surface area contributed by atoms with Crippen LogP contribution >= 0.6 is 0 Å². The molecule has 2 aromatic rings. The maximum atomic E-state index is 13.1. The van der Waals surface area contributed by atoms with Gasteiger partial charge in [0.2, 0.25) is 0 Å². The van der Waals surface area contributed by atoms with E-state index in [9.17, 15) is 14.0 Å². The van der Waals surface area contributed by atoms with Gasteiger partial charge < -0.3 is 9.64 Å². The first kappa shape index (κ1) is 20.0. The first-order chi connectivity index (χ1) is 13.5. The Labute approximate surface area is 164 Å². The van der Waals surface area contributed by atoms with E-state index in [1.807, 2.05) is 11.8 Å². The smallest absolute Gasteiger partial charge is 0.260 e. The summed E-state index contributed by atoms with van der Waals surface area (Å²) in [5.74, 6) is 0.0831. The fourth-order valence-electron chi connectivity index (χ4n) is 3.52. The van der Waals surface area contributed by atoms with Crippen LogP contribution in [-0.2, 0) is 11.3 Å². The van der Waals surface area contributed by atoms with Crippen molar-refractivity contribution in [1.29, 1.82) is 0 Å². The number of para-hydroxylation sites is 1. The second-order valence-electron chi connectivity index (χ2n) is 7.24. The van der Waals surface area contributed by atoms with Crippen LogP contribution in [0, 0.1) is 5.82 Å². The van der Waals surface area contributed by atoms with Gasteiger partial charge in [0.15, 0.2) is 12.9 Å². The van der Waals surface area contributed by atoms with Crippen LogP contribution in [0.5, 0.6) is 5.75 Å². The number of aldehydes is 1. The average molecular weight is 384 g/mol. The van der Waals surface area contributed by atoms with E-state index in [-0.39, 0.29) is 30.4 Å². The van der Waals surface area contributed by atoms with Gasteiger partial charge in [-0.15, -0.1) is 0 Å². The van der Waals surface area contributed by atoms with Gasteiger partial charge in [-0.1, -0.05) is 24.3 Å². The lowest BCUT2D eigenvalue weighted by molar-refractivity contribution is -0.139. The molecule has 1 saturated heterocycles. The Morgan fingerprint density at radius 2 is 1.82 bits per heavy atom. The van der Waals surface area contributed by atoms with Crippen LogP contribution in [0.1, 0.15) is 29.8 Å². The van der Waals surface area contributed by atoms with E-state index in [0.717, 1.165) is 24.9 Å². The van der Waals surface area contributed by atoms with Crippen LogP contribution < -0.4 is 4.74 Å². The second-order valence-corrected chi connectivity index (χ2v) is 7.24. The van der Waals surface area contributed by atoms with Gasteiger partial charge in [0.1, 0.15) is 11.6 Å². The molecule has 3 rings (SSSR count). The van der Waals surface area contributed by atoms with Crippen molar-refractivity contribution in [2.24, 2.45) is 0 Å². The third-order valence-corrected chi connectivity index (χ3v) is 5.13. The summed E-state index contributed by atoms with van der Waals surface area (Å²) in [5.41, 5.74) is 1.48. The molecule has 1 aliphatic heterocycles. The maximum absolute atomic E-state index is 13.1. The molecule has 2 aromatic carbocycles. The summed E-state index contributed by atoms with van der Waals surface area (Å²) in [7, 11) is 0. The summed E-state index contributed by atoms with van der Waals surface area (Å²) in [6, 6.07) is 13.6. The summed E-state index contributed by atoms with van der Waals surface area (Å²) in [4.78, 5) is 27.9. The molecule has 5 nitrogen and oxygen atoms in total. The van der Waals surface area contributed by atoms with Crippen molar-refractivity contribution in [1.82, 2.24) is 9.80 Å². The van der Waals surface area contributed by atoms with Gasteiger partial charge in [-0.3, -0.25) is 14.5 Å². The number of ether oxygens (including phenoxy) is 1. The van der Waals surface area contributed by atoms with E-state index in [1.54, 1.807) is 36.4 Å². The molecule has 1 amide bonds. The van der Waals surface area contributed by atoms with E-state index in [0.29, 0.717) is 17.9 Å². The average Bonchev–Trinajstić information content (AvgIpc) is 2.70. The lowest BCUT2D eigenvalue weighted by atomic mass is 10.1. The van der Waals surface area contributed by atoms with Crippen LogP contribution in [-0.4, -0.2) is 53.8 Å². The molecule has 6 heteroatoms. The zero-order valence-electron chi connectivity index (χ0n) is 16.2. The predicted molar refractivity (Wildman–Crippen MR) is 105 cm³/mol. The Morgan fingerprint density at radius 1 is 1.11 bits per heavy atom. The Hall–Kier alpha value is -2.73. The topological polar surface area (TPSA) is 49.9 Å². The number of carbonyl (C=O) groups excluding carboxylic acids is 2. The molecule has 0 bridgehead atoms.